The van der Waals surface area contributed by atoms with E-state index < -0.39 is 25.9 Å². The van der Waals surface area contributed by atoms with Crippen LogP contribution in [0.2, 0.25) is 5.02 Å². The van der Waals surface area contributed by atoms with Crippen molar-refractivity contribution in [3.63, 3.8) is 0 Å². The van der Waals surface area contributed by atoms with E-state index in [1.165, 1.54) is 25.2 Å². The Morgan fingerprint density at radius 1 is 1.04 bits per heavy atom. The van der Waals surface area contributed by atoms with Crippen molar-refractivity contribution >= 4 is 31.6 Å². The quantitative estimate of drug-likeness (QED) is 0.840. The zero-order chi connectivity index (χ0) is 18.1. The molecule has 0 aromatic heterocycles. The van der Waals surface area contributed by atoms with Gasteiger partial charge in [0.05, 0.1) is 9.79 Å². The molecule has 0 heterocycles. The minimum absolute atomic E-state index is 0.0476. The summed E-state index contributed by atoms with van der Waals surface area (Å²) in [6.45, 7) is -0.273. The smallest absolute Gasteiger partial charge is 0.225 e. The van der Waals surface area contributed by atoms with Gasteiger partial charge in [-0.05, 0) is 36.4 Å². The van der Waals surface area contributed by atoms with E-state index in [0.29, 0.717) is 0 Å². The maximum Gasteiger partial charge on any atom is 0.243 e. The zero-order valence-electron chi connectivity index (χ0n) is 12.5. The Bertz CT molecular complexity index is 941. The third-order valence-corrected chi connectivity index (χ3v) is 6.40. The van der Waals surface area contributed by atoms with Crippen LogP contribution in [0, 0.1) is 5.82 Å². The number of benzene rings is 2. The molecule has 0 saturated heterocycles. The van der Waals surface area contributed by atoms with Gasteiger partial charge in [0.1, 0.15) is 5.82 Å². The molecular weight excluding hydrogens is 379 g/mol. The molecule has 2 N–H and O–H groups in total. The minimum Gasteiger partial charge on any atom is -0.225 e. The Balaban J connectivity index is 2.33. The van der Waals surface area contributed by atoms with Crippen LogP contribution in [0.25, 0.3) is 0 Å². The van der Waals surface area contributed by atoms with Crippen LogP contribution in [0.3, 0.4) is 0 Å². The maximum absolute atomic E-state index is 13.8. The van der Waals surface area contributed by atoms with Crippen molar-refractivity contribution in [1.82, 2.24) is 4.31 Å². The Morgan fingerprint density at radius 3 is 2.08 bits per heavy atom. The summed E-state index contributed by atoms with van der Waals surface area (Å²) in [4.78, 5) is -0.355. The minimum atomic E-state index is -3.96. The molecule has 2 rings (SSSR count). The molecule has 0 amide bonds. The third-order valence-electron chi connectivity index (χ3n) is 3.30. The van der Waals surface area contributed by atoms with Gasteiger partial charge < -0.3 is 0 Å². The number of rotatable bonds is 5. The standard InChI is InChI=1S/C14H14ClFN2O4S2/c1-18(9-12-13(15)3-2-4-14(12)16)24(21,22)11-7-5-10(6-8-11)23(17,19)20/h2-8H,9H2,1H3,(H2,17,19,20). The number of nitrogens with two attached hydrogens (primary N) is 1. The fourth-order valence-corrected chi connectivity index (χ4v) is 3.85. The Morgan fingerprint density at radius 2 is 1.58 bits per heavy atom. The van der Waals surface area contributed by atoms with E-state index in [2.05, 4.69) is 0 Å². The summed E-state index contributed by atoms with van der Waals surface area (Å²) in [5.74, 6) is -0.617. The van der Waals surface area contributed by atoms with Gasteiger partial charge in [-0.1, -0.05) is 17.7 Å². The van der Waals surface area contributed by atoms with Gasteiger partial charge in [0.2, 0.25) is 20.0 Å². The van der Waals surface area contributed by atoms with Crippen molar-refractivity contribution in [2.24, 2.45) is 5.14 Å². The maximum atomic E-state index is 13.8. The number of halogens is 2. The molecule has 0 aliphatic rings. The third kappa shape index (κ3) is 3.93. The molecule has 24 heavy (non-hydrogen) atoms. The van der Waals surface area contributed by atoms with E-state index >= 15 is 0 Å². The van der Waals surface area contributed by atoms with Crippen LogP contribution in [0.1, 0.15) is 5.56 Å². The van der Waals surface area contributed by atoms with Gasteiger partial charge in [-0.2, -0.15) is 4.31 Å². The van der Waals surface area contributed by atoms with Crippen LogP contribution < -0.4 is 5.14 Å². The van der Waals surface area contributed by atoms with Crippen LogP contribution in [0.4, 0.5) is 4.39 Å². The van der Waals surface area contributed by atoms with Crippen molar-refractivity contribution in [3.8, 4) is 0 Å². The lowest BCUT2D eigenvalue weighted by atomic mass is 10.2. The van der Waals surface area contributed by atoms with Crippen LogP contribution in [-0.2, 0) is 26.6 Å². The molecule has 0 aliphatic heterocycles. The molecule has 0 unspecified atom stereocenters. The van der Waals surface area contributed by atoms with Gasteiger partial charge in [0.25, 0.3) is 0 Å². The summed E-state index contributed by atoms with van der Waals surface area (Å²) in [5.41, 5.74) is 0.0476. The highest BCUT2D eigenvalue weighted by atomic mass is 35.5. The first-order valence-corrected chi connectivity index (χ1v) is 9.92. The van der Waals surface area contributed by atoms with Crippen molar-refractivity contribution in [3.05, 3.63) is 58.9 Å². The predicted octanol–water partition coefficient (Wildman–Crippen LogP) is 1.95. The molecule has 0 spiro atoms. The normalized spacial score (nSPS) is 12.5. The Hall–Kier alpha value is -1.52. The lowest BCUT2D eigenvalue weighted by molar-refractivity contribution is 0.456. The molecule has 6 nitrogen and oxygen atoms in total. The van der Waals surface area contributed by atoms with Gasteiger partial charge >= 0.3 is 0 Å². The van der Waals surface area contributed by atoms with E-state index in [-0.39, 0.29) is 26.9 Å². The second-order valence-electron chi connectivity index (χ2n) is 4.98. The fraction of sp³-hybridized carbons (Fsp3) is 0.143. The van der Waals surface area contributed by atoms with Gasteiger partial charge in [-0.25, -0.2) is 26.4 Å². The van der Waals surface area contributed by atoms with E-state index in [4.69, 9.17) is 16.7 Å². The van der Waals surface area contributed by atoms with Crippen LogP contribution in [0.15, 0.2) is 52.3 Å². The highest BCUT2D eigenvalue weighted by molar-refractivity contribution is 7.89. The topological polar surface area (TPSA) is 97.5 Å². The Labute approximate surface area is 144 Å². The molecule has 10 heteroatoms. The molecule has 130 valence electrons. The molecule has 2 aromatic carbocycles. The lowest BCUT2D eigenvalue weighted by Gasteiger charge is -2.18. The SMILES string of the molecule is CN(Cc1c(F)cccc1Cl)S(=O)(=O)c1ccc(S(N)(=O)=O)cc1. The van der Waals surface area contributed by atoms with E-state index in [1.807, 2.05) is 0 Å². The molecular formula is C14H14ClFN2O4S2. The van der Waals surface area contributed by atoms with Gasteiger partial charge in [0.15, 0.2) is 0 Å². The summed E-state index contributed by atoms with van der Waals surface area (Å²) < 4.78 is 62.1. The first-order valence-electron chi connectivity index (χ1n) is 6.55. The summed E-state index contributed by atoms with van der Waals surface area (Å²) in [6.07, 6.45) is 0. The number of nitrogens with zero attached hydrogens (tertiary/aromatic N) is 1. The average molecular weight is 393 g/mol. The van der Waals surface area contributed by atoms with Crippen molar-refractivity contribution < 1.29 is 21.2 Å². The number of sulfonamides is 2. The van der Waals surface area contributed by atoms with E-state index in [0.717, 1.165) is 28.6 Å². The zero-order valence-corrected chi connectivity index (χ0v) is 14.9. The van der Waals surface area contributed by atoms with Crippen molar-refractivity contribution in [2.75, 3.05) is 7.05 Å². The number of primary sulfonamides is 1. The molecule has 2 aromatic rings. The largest absolute Gasteiger partial charge is 0.243 e. The van der Waals surface area contributed by atoms with Gasteiger partial charge in [0, 0.05) is 24.2 Å². The van der Waals surface area contributed by atoms with Gasteiger partial charge in [-0.15, -0.1) is 0 Å². The number of hydrogen-bond acceptors (Lipinski definition) is 4. The first kappa shape index (κ1) is 18.8. The molecule has 0 aliphatic carbocycles. The first-order chi connectivity index (χ1) is 11.0. The van der Waals surface area contributed by atoms with Crippen LogP contribution in [0.5, 0.6) is 0 Å². The lowest BCUT2D eigenvalue weighted by Crippen LogP contribution is -2.27. The second kappa shape index (κ2) is 6.77. The molecule has 0 saturated carbocycles. The fourth-order valence-electron chi connectivity index (χ4n) is 1.97. The molecule has 0 bridgehead atoms. The summed E-state index contributed by atoms with van der Waals surface area (Å²) in [6, 6.07) is 8.48. The Kier molecular flexibility index (Phi) is 5.31. The monoisotopic (exact) mass is 392 g/mol. The highest BCUT2D eigenvalue weighted by Crippen LogP contribution is 2.24. The second-order valence-corrected chi connectivity index (χ2v) is 8.99. The van der Waals surface area contributed by atoms with Crippen LogP contribution >= 0.6 is 11.6 Å². The van der Waals surface area contributed by atoms with E-state index in [9.17, 15) is 21.2 Å². The van der Waals surface area contributed by atoms with Crippen molar-refractivity contribution in [1.29, 1.82) is 0 Å². The summed E-state index contributed by atoms with van der Waals surface area (Å²) in [5, 5.41) is 5.08. The summed E-state index contributed by atoms with van der Waals surface area (Å²) in [7, 11) is -6.61. The predicted molar refractivity (Wildman–Crippen MR) is 87.9 cm³/mol. The number of hydrogen-bond donors (Lipinski definition) is 1. The summed E-state index contributed by atoms with van der Waals surface area (Å²) >= 11 is 5.90. The van der Waals surface area contributed by atoms with E-state index in [1.54, 1.807) is 0 Å². The van der Waals surface area contributed by atoms with Crippen molar-refractivity contribution in [2.45, 2.75) is 16.3 Å². The molecule has 0 atom stereocenters. The average Bonchev–Trinajstić information content (AvgIpc) is 2.50. The molecule has 0 radical (unpaired) electrons. The van der Waals surface area contributed by atoms with Gasteiger partial charge in [-0.3, -0.25) is 0 Å². The van der Waals surface area contributed by atoms with Crippen LogP contribution in [-0.4, -0.2) is 28.2 Å². The molecule has 0 fully saturated rings. The highest BCUT2D eigenvalue weighted by Gasteiger charge is 2.23.